The average Bonchev–Trinajstić information content (AvgIpc) is 3.20. The molecule has 0 unspecified atom stereocenters. The number of hydrogen-bond donors (Lipinski definition) is 0. The van der Waals surface area contributed by atoms with Gasteiger partial charge in [-0.25, -0.2) is 0 Å². The van der Waals surface area contributed by atoms with Crippen molar-refractivity contribution in [3.05, 3.63) is 53.2 Å². The van der Waals surface area contributed by atoms with Crippen molar-refractivity contribution in [3.8, 4) is 12.1 Å². The first-order chi connectivity index (χ1) is 9.81. The van der Waals surface area contributed by atoms with Gasteiger partial charge in [0.15, 0.2) is 0 Å². The van der Waals surface area contributed by atoms with Crippen LogP contribution in [-0.4, -0.2) is 0 Å². The number of hydrogen-bond acceptors (Lipinski definition) is 6. The third kappa shape index (κ3) is 2.56. The number of rotatable bonds is 0. The van der Waals surface area contributed by atoms with E-state index in [0.717, 1.165) is 9.06 Å². The predicted molar refractivity (Wildman–Crippen MR) is 87.9 cm³/mol. The highest BCUT2D eigenvalue weighted by Gasteiger charge is 2.04. The van der Waals surface area contributed by atoms with E-state index < -0.39 is 0 Å². The Balaban J connectivity index is 2.24. The van der Waals surface area contributed by atoms with Gasteiger partial charge >= 0.3 is 0 Å². The van der Waals surface area contributed by atoms with E-state index >= 15 is 0 Å². The molecule has 0 aliphatic carbocycles. The van der Waals surface area contributed by atoms with E-state index in [1.807, 2.05) is 24.3 Å². The summed E-state index contributed by atoms with van der Waals surface area (Å²) in [7, 11) is 0. The van der Waals surface area contributed by atoms with Crippen molar-refractivity contribution in [1.82, 2.24) is 0 Å². The number of thioether (sulfide) groups is 2. The fourth-order valence-corrected chi connectivity index (χ4v) is 5.68. The van der Waals surface area contributed by atoms with Crippen LogP contribution in [0.3, 0.4) is 0 Å². The van der Waals surface area contributed by atoms with Gasteiger partial charge < -0.3 is 0 Å². The Kier molecular flexibility index (Phi) is 4.00. The van der Waals surface area contributed by atoms with E-state index in [0.29, 0.717) is 0 Å². The second kappa shape index (κ2) is 5.90. The SMILES string of the molecule is N#CC(C#N)=c1cc/c(=c2/ccc(=C3SC=CS3)s2)s1. The number of nitriles is 2. The Labute approximate surface area is 131 Å². The highest BCUT2D eigenvalue weighted by atomic mass is 32.2. The average molecular weight is 330 g/mol. The third-order valence-electron chi connectivity index (χ3n) is 2.53. The van der Waals surface area contributed by atoms with Crippen molar-refractivity contribution in [2.45, 2.75) is 0 Å². The first-order valence-electron chi connectivity index (χ1n) is 5.55. The van der Waals surface area contributed by atoms with Crippen LogP contribution < -0.4 is 9.06 Å². The summed E-state index contributed by atoms with van der Waals surface area (Å²) in [5, 5.41) is 22.0. The maximum absolute atomic E-state index is 8.89. The number of nitrogens with zero attached hydrogens (tertiary/aromatic N) is 2. The van der Waals surface area contributed by atoms with Gasteiger partial charge in [-0.2, -0.15) is 10.5 Å². The molecular formula is C14H6N2S4. The van der Waals surface area contributed by atoms with E-state index in [4.69, 9.17) is 10.5 Å². The van der Waals surface area contributed by atoms with E-state index in [1.165, 1.54) is 24.6 Å². The van der Waals surface area contributed by atoms with Crippen molar-refractivity contribution in [2.24, 2.45) is 0 Å². The fourth-order valence-electron chi connectivity index (χ4n) is 1.64. The lowest BCUT2D eigenvalue weighted by atomic mass is 10.3. The zero-order chi connectivity index (χ0) is 13.9. The molecule has 0 saturated carbocycles. The van der Waals surface area contributed by atoms with E-state index in [-0.39, 0.29) is 5.57 Å². The lowest BCUT2D eigenvalue weighted by molar-refractivity contribution is 1.51. The molecule has 6 heteroatoms. The van der Waals surface area contributed by atoms with Crippen LogP contribution in [-0.2, 0) is 0 Å². The van der Waals surface area contributed by atoms with Crippen LogP contribution in [0.4, 0.5) is 0 Å². The molecule has 1 aliphatic heterocycles. The van der Waals surface area contributed by atoms with E-state index in [1.54, 1.807) is 34.9 Å². The minimum absolute atomic E-state index is 0.179. The molecule has 0 bridgehead atoms. The Morgan fingerprint density at radius 2 is 1.40 bits per heavy atom. The molecule has 0 aromatic carbocycles. The maximum atomic E-state index is 8.89. The van der Waals surface area contributed by atoms with Crippen molar-refractivity contribution in [2.75, 3.05) is 0 Å². The molecule has 3 rings (SSSR count). The summed E-state index contributed by atoms with van der Waals surface area (Å²) >= 11 is 6.72. The van der Waals surface area contributed by atoms with Crippen LogP contribution in [0.25, 0.3) is 9.81 Å². The van der Waals surface area contributed by atoms with Crippen molar-refractivity contribution in [3.63, 3.8) is 0 Å². The van der Waals surface area contributed by atoms with Gasteiger partial charge in [-0.05, 0) is 35.1 Å². The smallest absolute Gasteiger partial charge is 0.146 e. The van der Waals surface area contributed by atoms with E-state index in [9.17, 15) is 0 Å². The van der Waals surface area contributed by atoms with Crippen LogP contribution in [0.2, 0.25) is 0 Å². The maximum Gasteiger partial charge on any atom is 0.146 e. The van der Waals surface area contributed by atoms with Crippen molar-refractivity contribution < 1.29 is 0 Å². The first kappa shape index (κ1) is 13.5. The molecule has 2 nitrogen and oxygen atoms in total. The third-order valence-corrected chi connectivity index (χ3v) is 7.35. The van der Waals surface area contributed by atoms with Crippen LogP contribution in [0, 0.1) is 31.7 Å². The Hall–Kier alpha value is -1.44. The summed E-state index contributed by atoms with van der Waals surface area (Å²) in [6, 6.07) is 11.9. The standard InChI is InChI=1S/C14H6N2S4/c15-7-9(8-16)10-1-2-11(19-10)12-3-4-13(20-12)14-17-5-6-18-14/h1-6H/b12-11+. The fraction of sp³-hybridized carbons (Fsp3) is 0. The molecule has 0 atom stereocenters. The summed E-state index contributed by atoms with van der Waals surface area (Å²) in [6.07, 6.45) is 0. The zero-order valence-electron chi connectivity index (χ0n) is 9.99. The van der Waals surface area contributed by atoms with Gasteiger partial charge in [0.05, 0.1) is 8.77 Å². The van der Waals surface area contributed by atoms with Crippen LogP contribution >= 0.6 is 46.2 Å². The molecular weight excluding hydrogens is 324 g/mol. The normalized spacial score (nSPS) is 15.0. The van der Waals surface area contributed by atoms with Crippen molar-refractivity contribution in [1.29, 1.82) is 10.5 Å². The molecule has 96 valence electrons. The largest absolute Gasteiger partial charge is 0.192 e. The minimum Gasteiger partial charge on any atom is -0.192 e. The Morgan fingerprint density at radius 1 is 0.800 bits per heavy atom. The highest BCUT2D eigenvalue weighted by molar-refractivity contribution is 8.34. The van der Waals surface area contributed by atoms with Crippen LogP contribution in [0.1, 0.15) is 0 Å². The molecule has 0 saturated heterocycles. The van der Waals surface area contributed by atoms with Gasteiger partial charge in [0.25, 0.3) is 0 Å². The molecule has 2 aromatic heterocycles. The van der Waals surface area contributed by atoms with Gasteiger partial charge in [0.1, 0.15) is 17.7 Å². The van der Waals surface area contributed by atoms with Crippen LogP contribution in [0.5, 0.6) is 0 Å². The second-order valence-electron chi connectivity index (χ2n) is 3.72. The monoisotopic (exact) mass is 330 g/mol. The summed E-state index contributed by atoms with van der Waals surface area (Å²) in [5.41, 5.74) is 0.179. The van der Waals surface area contributed by atoms with Crippen molar-refractivity contribution >= 4 is 56.0 Å². The Morgan fingerprint density at radius 3 is 2.10 bits per heavy atom. The summed E-state index contributed by atoms with van der Waals surface area (Å²) in [5.74, 6) is 0. The number of thiophene rings is 2. The zero-order valence-corrected chi connectivity index (χ0v) is 13.3. The highest BCUT2D eigenvalue weighted by Crippen LogP contribution is 2.38. The minimum atomic E-state index is 0.179. The van der Waals surface area contributed by atoms with Gasteiger partial charge in [-0.1, -0.05) is 23.5 Å². The lowest BCUT2D eigenvalue weighted by Gasteiger charge is -1.87. The molecule has 20 heavy (non-hydrogen) atoms. The summed E-state index contributed by atoms with van der Waals surface area (Å²) in [4.78, 5) is 0. The molecule has 0 N–H and O–H groups in total. The van der Waals surface area contributed by atoms with Gasteiger partial charge in [-0.3, -0.25) is 0 Å². The predicted octanol–water partition coefficient (Wildman–Crippen LogP) is 3.31. The molecule has 0 radical (unpaired) electrons. The summed E-state index contributed by atoms with van der Waals surface area (Å²) < 4.78 is 5.57. The van der Waals surface area contributed by atoms with Gasteiger partial charge in [0.2, 0.25) is 0 Å². The quantitative estimate of drug-likeness (QED) is 0.743. The molecule has 0 amide bonds. The lowest BCUT2D eigenvalue weighted by Crippen LogP contribution is -1.93. The summed E-state index contributed by atoms with van der Waals surface area (Å²) in [6.45, 7) is 0. The van der Waals surface area contributed by atoms with E-state index in [2.05, 4.69) is 22.9 Å². The molecule has 3 heterocycles. The second-order valence-corrected chi connectivity index (χ2v) is 7.98. The topological polar surface area (TPSA) is 47.6 Å². The van der Waals surface area contributed by atoms with Gasteiger partial charge in [-0.15, -0.1) is 22.7 Å². The molecule has 0 spiro atoms. The first-order valence-corrected chi connectivity index (χ1v) is 8.94. The molecule has 0 fully saturated rings. The van der Waals surface area contributed by atoms with Crippen LogP contribution in [0.15, 0.2) is 35.1 Å². The Bertz CT molecular complexity index is 954. The molecule has 1 aliphatic rings. The molecule has 2 aromatic rings. The van der Waals surface area contributed by atoms with Gasteiger partial charge in [0, 0.05) is 13.6 Å².